The Bertz CT molecular complexity index is 726. The molecule has 2 aromatic rings. The third kappa shape index (κ3) is 4.39. The van der Waals surface area contributed by atoms with Crippen molar-refractivity contribution in [2.75, 3.05) is 7.11 Å². The molecule has 0 aromatic heterocycles. The van der Waals surface area contributed by atoms with Gasteiger partial charge in [-0.05, 0) is 97.3 Å². The van der Waals surface area contributed by atoms with Gasteiger partial charge in [-0.3, -0.25) is 4.79 Å². The largest absolute Gasteiger partial charge is 0.496 e. The van der Waals surface area contributed by atoms with Gasteiger partial charge in [0, 0.05) is 0 Å². The first kappa shape index (κ1) is 18.5. The van der Waals surface area contributed by atoms with Gasteiger partial charge >= 0.3 is 5.97 Å². The van der Waals surface area contributed by atoms with E-state index in [1.54, 1.807) is 26.2 Å². The molecular formula is C16H13Br2IO4. The highest BCUT2D eigenvalue weighted by molar-refractivity contribution is 14.1. The molecule has 0 amide bonds. The van der Waals surface area contributed by atoms with Crippen LogP contribution in [0, 0.1) is 3.57 Å². The first-order valence-electron chi connectivity index (χ1n) is 6.56. The van der Waals surface area contributed by atoms with E-state index in [-0.39, 0.29) is 0 Å². The predicted octanol–water partition coefficient (Wildman–Crippen LogP) is 5.81. The molecule has 23 heavy (non-hydrogen) atoms. The Hall–Kier alpha value is -0.800. The van der Waals surface area contributed by atoms with Crippen molar-refractivity contribution in [1.82, 2.24) is 0 Å². The van der Waals surface area contributed by atoms with Gasteiger partial charge in [0.25, 0.3) is 0 Å². The van der Waals surface area contributed by atoms with E-state index in [0.717, 1.165) is 9.32 Å². The summed E-state index contributed by atoms with van der Waals surface area (Å²) in [5, 5.41) is 9.13. The predicted molar refractivity (Wildman–Crippen MR) is 104 cm³/mol. The minimum Gasteiger partial charge on any atom is -0.496 e. The summed E-state index contributed by atoms with van der Waals surface area (Å²) in [7, 11) is 1.62. The van der Waals surface area contributed by atoms with Crippen LogP contribution in [-0.2, 0) is 4.79 Å². The molecular weight excluding hydrogens is 543 g/mol. The lowest BCUT2D eigenvalue weighted by molar-refractivity contribution is -0.138. The topological polar surface area (TPSA) is 55.8 Å². The zero-order valence-corrected chi connectivity index (χ0v) is 17.6. The van der Waals surface area contributed by atoms with Crippen molar-refractivity contribution in [2.45, 2.75) is 12.8 Å². The van der Waals surface area contributed by atoms with Gasteiger partial charge < -0.3 is 14.6 Å². The molecule has 0 heterocycles. The Morgan fingerprint density at radius 3 is 2.30 bits per heavy atom. The van der Waals surface area contributed by atoms with Gasteiger partial charge in [0.05, 0.1) is 25.5 Å². The fourth-order valence-electron chi connectivity index (χ4n) is 1.90. The second kappa shape index (κ2) is 7.85. The van der Waals surface area contributed by atoms with E-state index in [9.17, 15) is 4.79 Å². The number of halogens is 3. The molecule has 1 N–H and O–H groups in total. The number of carboxylic acid groups (broad SMARTS) is 1. The molecule has 0 saturated heterocycles. The Morgan fingerprint density at radius 1 is 1.22 bits per heavy atom. The SMILES string of the molecule is COc1ccc(Oc2c(Br)cc(C(C)C(=O)O)cc2Br)cc1I. The van der Waals surface area contributed by atoms with Crippen LogP contribution in [0.3, 0.4) is 0 Å². The van der Waals surface area contributed by atoms with Gasteiger partial charge in [0.2, 0.25) is 0 Å². The lowest BCUT2D eigenvalue weighted by atomic mass is 10.0. The summed E-state index contributed by atoms with van der Waals surface area (Å²) in [5.74, 6) is 0.561. The van der Waals surface area contributed by atoms with E-state index in [2.05, 4.69) is 54.5 Å². The third-order valence-corrected chi connectivity index (χ3v) is 5.26. The van der Waals surface area contributed by atoms with Crippen LogP contribution < -0.4 is 9.47 Å². The molecule has 2 aromatic carbocycles. The van der Waals surface area contributed by atoms with Crippen LogP contribution in [0.15, 0.2) is 39.3 Å². The summed E-state index contributed by atoms with van der Waals surface area (Å²) in [6, 6.07) is 9.03. The van der Waals surface area contributed by atoms with Gasteiger partial charge in [-0.2, -0.15) is 0 Å². The average molecular weight is 556 g/mol. The molecule has 0 radical (unpaired) electrons. The number of benzene rings is 2. The summed E-state index contributed by atoms with van der Waals surface area (Å²) >= 11 is 9.06. The minimum absolute atomic E-state index is 0.590. The fraction of sp³-hybridized carbons (Fsp3) is 0.188. The average Bonchev–Trinajstić information content (AvgIpc) is 2.50. The highest BCUT2D eigenvalue weighted by atomic mass is 127. The molecule has 0 bridgehead atoms. The number of aliphatic carboxylic acids is 1. The van der Waals surface area contributed by atoms with E-state index in [4.69, 9.17) is 14.6 Å². The lowest BCUT2D eigenvalue weighted by Gasteiger charge is -2.14. The summed E-state index contributed by atoms with van der Waals surface area (Å²) in [6.45, 7) is 1.64. The Labute approximate surface area is 164 Å². The molecule has 122 valence electrons. The van der Waals surface area contributed by atoms with Crippen LogP contribution in [0.5, 0.6) is 17.2 Å². The Morgan fingerprint density at radius 2 is 1.83 bits per heavy atom. The van der Waals surface area contributed by atoms with E-state index in [0.29, 0.717) is 26.0 Å². The smallest absolute Gasteiger partial charge is 0.310 e. The van der Waals surface area contributed by atoms with E-state index >= 15 is 0 Å². The summed E-state index contributed by atoms with van der Waals surface area (Å²) < 4.78 is 13.4. The molecule has 0 fully saturated rings. The summed E-state index contributed by atoms with van der Waals surface area (Å²) in [5.41, 5.74) is 0.688. The second-order valence-corrected chi connectivity index (χ2v) is 7.64. The summed E-state index contributed by atoms with van der Waals surface area (Å²) in [6.07, 6.45) is 0. The number of carboxylic acids is 1. The minimum atomic E-state index is -0.873. The quantitative estimate of drug-likeness (QED) is 0.474. The van der Waals surface area contributed by atoms with Crippen LogP contribution >= 0.6 is 54.5 Å². The zero-order chi connectivity index (χ0) is 17.1. The molecule has 0 aliphatic rings. The van der Waals surface area contributed by atoms with Gasteiger partial charge in [-0.25, -0.2) is 0 Å². The fourth-order valence-corrected chi connectivity index (χ4v) is 3.99. The van der Waals surface area contributed by atoms with Crippen molar-refractivity contribution in [2.24, 2.45) is 0 Å². The lowest BCUT2D eigenvalue weighted by Crippen LogP contribution is -2.07. The van der Waals surface area contributed by atoms with Crippen molar-refractivity contribution in [3.63, 3.8) is 0 Å². The molecule has 1 unspecified atom stereocenters. The number of ether oxygens (including phenoxy) is 2. The highest BCUT2D eigenvalue weighted by Gasteiger charge is 2.18. The molecule has 0 aliphatic heterocycles. The van der Waals surface area contributed by atoms with Crippen LogP contribution in [0.4, 0.5) is 0 Å². The second-order valence-electron chi connectivity index (χ2n) is 4.77. The van der Waals surface area contributed by atoms with Crippen molar-refractivity contribution in [3.8, 4) is 17.2 Å². The zero-order valence-electron chi connectivity index (χ0n) is 12.3. The van der Waals surface area contributed by atoms with Crippen molar-refractivity contribution in [1.29, 1.82) is 0 Å². The Balaban J connectivity index is 2.34. The molecule has 0 spiro atoms. The van der Waals surface area contributed by atoms with Gasteiger partial charge in [0.1, 0.15) is 11.5 Å². The van der Waals surface area contributed by atoms with Gasteiger partial charge in [0.15, 0.2) is 5.75 Å². The maximum absolute atomic E-state index is 11.1. The number of methoxy groups -OCH3 is 1. The van der Waals surface area contributed by atoms with E-state index < -0.39 is 11.9 Å². The van der Waals surface area contributed by atoms with Gasteiger partial charge in [-0.15, -0.1) is 0 Å². The third-order valence-electron chi connectivity index (χ3n) is 3.23. The highest BCUT2D eigenvalue weighted by Crippen LogP contribution is 2.40. The maximum atomic E-state index is 11.1. The van der Waals surface area contributed by atoms with Crippen molar-refractivity contribution < 1.29 is 19.4 Å². The maximum Gasteiger partial charge on any atom is 0.310 e. The molecule has 0 aliphatic carbocycles. The first-order valence-corrected chi connectivity index (χ1v) is 9.23. The van der Waals surface area contributed by atoms with Crippen molar-refractivity contribution in [3.05, 3.63) is 48.4 Å². The van der Waals surface area contributed by atoms with E-state index in [1.165, 1.54) is 0 Å². The standard InChI is InChI=1S/C16H13Br2IO4/c1-8(16(20)21)9-5-11(17)15(12(18)6-9)23-10-3-4-14(22-2)13(19)7-10/h3-8H,1-2H3,(H,20,21). The van der Waals surface area contributed by atoms with Crippen LogP contribution in [0.25, 0.3) is 0 Å². The number of carbonyl (C=O) groups is 1. The summed E-state index contributed by atoms with van der Waals surface area (Å²) in [4.78, 5) is 11.1. The van der Waals surface area contributed by atoms with E-state index in [1.807, 2.05) is 18.2 Å². The first-order chi connectivity index (χ1) is 10.8. The number of rotatable bonds is 5. The van der Waals surface area contributed by atoms with Crippen LogP contribution in [-0.4, -0.2) is 18.2 Å². The molecule has 4 nitrogen and oxygen atoms in total. The molecule has 0 saturated carbocycles. The van der Waals surface area contributed by atoms with Crippen LogP contribution in [0.2, 0.25) is 0 Å². The Kier molecular flexibility index (Phi) is 6.33. The van der Waals surface area contributed by atoms with Gasteiger partial charge in [-0.1, -0.05) is 0 Å². The molecule has 2 rings (SSSR count). The molecule has 7 heteroatoms. The van der Waals surface area contributed by atoms with Crippen molar-refractivity contribution >= 4 is 60.4 Å². The number of hydrogen-bond donors (Lipinski definition) is 1. The van der Waals surface area contributed by atoms with Crippen LogP contribution in [0.1, 0.15) is 18.4 Å². The molecule has 1 atom stereocenters. The monoisotopic (exact) mass is 554 g/mol. The normalized spacial score (nSPS) is 11.9. The number of hydrogen-bond acceptors (Lipinski definition) is 3.